The van der Waals surface area contributed by atoms with Gasteiger partial charge in [-0.15, -0.1) is 0 Å². The summed E-state index contributed by atoms with van der Waals surface area (Å²) in [6.07, 6.45) is 0. The summed E-state index contributed by atoms with van der Waals surface area (Å²) in [5, 5.41) is 0. The maximum atomic E-state index is 13.2. The van der Waals surface area contributed by atoms with Crippen molar-refractivity contribution in [1.29, 1.82) is 0 Å². The Kier molecular flexibility index (Phi) is 4.76. The third-order valence-electron chi connectivity index (χ3n) is 3.59. The average Bonchev–Trinajstić information content (AvgIpc) is 2.73. The number of halogens is 2. The van der Waals surface area contributed by atoms with Crippen LogP contribution in [0.25, 0.3) is 22.4 Å². The zero-order valence-corrected chi connectivity index (χ0v) is 14.0. The molecule has 5 heteroatoms. The molecule has 0 spiro atoms. The number of carbonyl (C=O) groups is 1. The normalized spacial score (nSPS) is 10.5. The average molecular weight is 363 g/mol. The van der Waals surface area contributed by atoms with E-state index in [2.05, 4.69) is 0 Å². The number of fused-ring (bicyclic) bond motifs is 1. The van der Waals surface area contributed by atoms with Crippen LogP contribution in [-0.2, 0) is 18.4 Å². The molecule has 1 aromatic heterocycles. The Morgan fingerprint density at radius 2 is 1.77 bits per heavy atom. The summed E-state index contributed by atoms with van der Waals surface area (Å²) < 4.78 is 17.2. The van der Waals surface area contributed by atoms with Gasteiger partial charge in [0.2, 0.25) is 0 Å². The lowest BCUT2D eigenvalue weighted by Crippen LogP contribution is -3.00. The molecule has 0 aliphatic heterocycles. The molecule has 0 aliphatic carbocycles. The maximum absolute atomic E-state index is 13.2. The van der Waals surface area contributed by atoms with Crippen molar-refractivity contribution in [2.45, 2.75) is 13.5 Å². The van der Waals surface area contributed by atoms with E-state index in [0.717, 1.165) is 22.4 Å². The maximum Gasteiger partial charge on any atom is 0.290 e. The third-order valence-corrected chi connectivity index (χ3v) is 3.59. The number of carbonyl (C=O) groups excluding carboxylic acids is 1. The van der Waals surface area contributed by atoms with Crippen LogP contribution in [-0.4, -0.2) is 10.4 Å². The number of aromatic nitrogens is 2. The first-order chi connectivity index (χ1) is 10.1. The largest absolute Gasteiger partial charge is 1.00 e. The van der Waals surface area contributed by atoms with Crippen LogP contribution in [0.15, 0.2) is 48.5 Å². The molecule has 0 saturated heterocycles. The lowest BCUT2D eigenvalue weighted by Gasteiger charge is -2.02. The molecule has 3 aromatic rings. The van der Waals surface area contributed by atoms with E-state index in [0.29, 0.717) is 6.54 Å². The van der Waals surface area contributed by atoms with Crippen molar-refractivity contribution in [3.63, 3.8) is 0 Å². The number of para-hydroxylation sites is 2. The van der Waals surface area contributed by atoms with Crippen LogP contribution in [0.2, 0.25) is 0 Å². The molecule has 0 bridgehead atoms. The van der Waals surface area contributed by atoms with Crippen LogP contribution in [0.3, 0.4) is 0 Å². The van der Waals surface area contributed by atoms with E-state index in [-0.39, 0.29) is 28.6 Å². The van der Waals surface area contributed by atoms with Crippen molar-refractivity contribution in [3.8, 4) is 11.4 Å². The minimum Gasteiger partial charge on any atom is -1.00 e. The van der Waals surface area contributed by atoms with Crippen molar-refractivity contribution < 1.29 is 30.7 Å². The van der Waals surface area contributed by atoms with Crippen LogP contribution in [0.5, 0.6) is 0 Å². The van der Waals surface area contributed by atoms with Gasteiger partial charge in [0.25, 0.3) is 5.82 Å². The first-order valence-corrected chi connectivity index (χ1v) is 6.80. The number of hydrogen-bond acceptors (Lipinski definition) is 1. The summed E-state index contributed by atoms with van der Waals surface area (Å²) in [7, 11) is 1.96. The highest BCUT2D eigenvalue weighted by atomic mass is 79.9. The minimum absolute atomic E-state index is 0. The molecule has 0 N–H and O–H groups in total. The Morgan fingerprint density at radius 3 is 2.41 bits per heavy atom. The Hall–Kier alpha value is -2.01. The summed E-state index contributed by atoms with van der Waals surface area (Å²) in [6.45, 7) is 1.87. The number of benzene rings is 2. The van der Waals surface area contributed by atoms with Gasteiger partial charge in [-0.3, -0.25) is 4.79 Å². The number of imidazole rings is 1. The van der Waals surface area contributed by atoms with E-state index in [9.17, 15) is 9.18 Å². The lowest BCUT2D eigenvalue weighted by molar-refractivity contribution is -0.634. The van der Waals surface area contributed by atoms with Gasteiger partial charge in [-0.2, -0.15) is 0 Å². The van der Waals surface area contributed by atoms with Gasteiger partial charge in [-0.1, -0.05) is 12.1 Å². The van der Waals surface area contributed by atoms with Gasteiger partial charge in [-0.25, -0.2) is 13.5 Å². The van der Waals surface area contributed by atoms with Gasteiger partial charge in [0, 0.05) is 0 Å². The summed E-state index contributed by atoms with van der Waals surface area (Å²) in [4.78, 5) is 11.6. The van der Waals surface area contributed by atoms with Crippen molar-refractivity contribution in [2.24, 2.45) is 7.05 Å². The summed E-state index contributed by atoms with van der Waals surface area (Å²) in [6, 6.07) is 14.3. The second-order valence-electron chi connectivity index (χ2n) is 5.17. The van der Waals surface area contributed by atoms with E-state index in [1.807, 2.05) is 40.4 Å². The molecule has 0 radical (unpaired) electrons. The van der Waals surface area contributed by atoms with Gasteiger partial charge in [0.1, 0.15) is 12.4 Å². The Bertz CT molecular complexity index is 825. The molecule has 0 fully saturated rings. The van der Waals surface area contributed by atoms with Crippen molar-refractivity contribution in [2.75, 3.05) is 0 Å². The van der Waals surface area contributed by atoms with Crippen LogP contribution in [0.4, 0.5) is 4.39 Å². The van der Waals surface area contributed by atoms with E-state index < -0.39 is 0 Å². The van der Waals surface area contributed by atoms with Crippen molar-refractivity contribution in [1.82, 2.24) is 4.57 Å². The molecule has 3 rings (SSSR count). The molecule has 0 aliphatic rings. The van der Waals surface area contributed by atoms with Gasteiger partial charge >= 0.3 is 0 Å². The lowest BCUT2D eigenvalue weighted by atomic mass is 10.2. The second kappa shape index (κ2) is 6.40. The molecule has 22 heavy (non-hydrogen) atoms. The molecule has 114 valence electrons. The second-order valence-corrected chi connectivity index (χ2v) is 5.17. The SMILES string of the molecule is CC(=O)Cn1c(-c2ccc(F)cc2)[n+](C)c2ccccc21.[Br-]. The molecule has 3 nitrogen and oxygen atoms in total. The molecular weight excluding hydrogens is 347 g/mol. The highest BCUT2D eigenvalue weighted by Crippen LogP contribution is 2.23. The number of hydrogen-bond donors (Lipinski definition) is 0. The molecule has 1 heterocycles. The number of Topliss-reactive ketones (excluding diaryl/α,β-unsaturated/α-hetero) is 1. The number of rotatable bonds is 3. The summed E-state index contributed by atoms with van der Waals surface area (Å²) in [5.41, 5.74) is 2.92. The smallest absolute Gasteiger partial charge is 0.290 e. The van der Waals surface area contributed by atoms with Crippen molar-refractivity contribution in [3.05, 3.63) is 54.3 Å². The number of nitrogens with zero attached hydrogens (tertiary/aromatic N) is 2. The van der Waals surface area contributed by atoms with Crippen LogP contribution in [0, 0.1) is 5.82 Å². The van der Waals surface area contributed by atoms with Crippen molar-refractivity contribution >= 4 is 16.8 Å². The fourth-order valence-corrected chi connectivity index (χ4v) is 2.72. The molecule has 2 aromatic carbocycles. The Balaban J connectivity index is 0.00000176. The van der Waals surface area contributed by atoms with Gasteiger partial charge < -0.3 is 17.0 Å². The third kappa shape index (κ3) is 2.81. The fourth-order valence-electron chi connectivity index (χ4n) is 2.72. The summed E-state index contributed by atoms with van der Waals surface area (Å²) >= 11 is 0. The quantitative estimate of drug-likeness (QED) is 0.596. The van der Waals surface area contributed by atoms with Crippen LogP contribution < -0.4 is 21.5 Å². The highest BCUT2D eigenvalue weighted by molar-refractivity contribution is 5.81. The van der Waals surface area contributed by atoms with Crippen LogP contribution >= 0.6 is 0 Å². The fraction of sp³-hybridized carbons (Fsp3) is 0.176. The highest BCUT2D eigenvalue weighted by Gasteiger charge is 2.24. The van der Waals surface area contributed by atoms with E-state index >= 15 is 0 Å². The molecule has 0 amide bonds. The van der Waals surface area contributed by atoms with Gasteiger partial charge in [0.15, 0.2) is 16.8 Å². The monoisotopic (exact) mass is 362 g/mol. The predicted molar refractivity (Wildman–Crippen MR) is 79.2 cm³/mol. The molecular formula is C17H16BrFN2O. The standard InChI is InChI=1S/C17H16FN2O.BrH/c1-12(21)11-20-16-6-4-3-5-15(16)19(2)17(20)13-7-9-14(18)10-8-13;/h3-10H,11H2,1-2H3;1H/q+1;/p-1. The zero-order valence-electron chi connectivity index (χ0n) is 12.4. The van der Waals surface area contributed by atoms with Gasteiger partial charge in [0.05, 0.1) is 12.6 Å². The van der Waals surface area contributed by atoms with Gasteiger partial charge in [-0.05, 0) is 43.3 Å². The molecule has 0 atom stereocenters. The van der Waals surface area contributed by atoms with E-state index in [4.69, 9.17) is 0 Å². The first kappa shape index (κ1) is 16.4. The molecule has 0 saturated carbocycles. The number of aryl methyl sites for hydroxylation is 1. The minimum atomic E-state index is -0.268. The van der Waals surface area contributed by atoms with E-state index in [1.165, 1.54) is 12.1 Å². The Labute approximate surface area is 138 Å². The summed E-state index contributed by atoms with van der Waals surface area (Å²) in [5.74, 6) is 0.710. The number of ketones is 1. The molecule has 0 unspecified atom stereocenters. The topological polar surface area (TPSA) is 25.9 Å². The zero-order chi connectivity index (χ0) is 15.0. The van der Waals surface area contributed by atoms with Crippen LogP contribution in [0.1, 0.15) is 6.92 Å². The van der Waals surface area contributed by atoms with E-state index in [1.54, 1.807) is 19.1 Å². The predicted octanol–water partition coefficient (Wildman–Crippen LogP) is -0.135. The Morgan fingerprint density at radius 1 is 1.14 bits per heavy atom. The first-order valence-electron chi connectivity index (χ1n) is 6.80.